The highest BCUT2D eigenvalue weighted by Crippen LogP contribution is 2.30. The minimum absolute atomic E-state index is 0.203. The van der Waals surface area contributed by atoms with Gasteiger partial charge in [0.05, 0.1) is 6.54 Å². The Labute approximate surface area is 79.3 Å². The molecular weight excluding hydrogens is 166 g/mol. The SMILES string of the molecule is [NH3+]C[C@H](CC(=O)[O-])C1CCCCC1. The molecule has 0 saturated heterocycles. The predicted molar refractivity (Wildman–Crippen MR) is 47.4 cm³/mol. The molecule has 0 amide bonds. The van der Waals surface area contributed by atoms with E-state index in [4.69, 9.17) is 0 Å². The molecule has 0 unspecified atom stereocenters. The van der Waals surface area contributed by atoms with Gasteiger partial charge in [0.1, 0.15) is 0 Å². The van der Waals surface area contributed by atoms with Crippen LogP contribution in [0.15, 0.2) is 0 Å². The first-order chi connectivity index (χ1) is 6.24. The van der Waals surface area contributed by atoms with Crippen LogP contribution in [-0.4, -0.2) is 12.5 Å². The standard InChI is InChI=1S/C10H19NO2/c11-7-9(6-10(12)13)8-4-2-1-3-5-8/h8-9H,1-7,11H2,(H,12,13)/t9-/m0/s1. The fraction of sp³-hybridized carbons (Fsp3) is 0.900. The van der Waals surface area contributed by atoms with Crippen molar-refractivity contribution in [1.29, 1.82) is 0 Å². The highest BCUT2D eigenvalue weighted by atomic mass is 16.4. The normalized spacial score (nSPS) is 21.3. The average Bonchev–Trinajstić information content (AvgIpc) is 2.15. The first-order valence-corrected chi connectivity index (χ1v) is 5.23. The number of hydrogen-bond acceptors (Lipinski definition) is 2. The average molecular weight is 185 g/mol. The molecule has 0 bridgehead atoms. The van der Waals surface area contributed by atoms with Gasteiger partial charge >= 0.3 is 0 Å². The molecule has 0 heterocycles. The van der Waals surface area contributed by atoms with E-state index in [1.165, 1.54) is 32.1 Å². The lowest BCUT2D eigenvalue weighted by molar-refractivity contribution is -0.384. The molecule has 1 rings (SSSR count). The molecule has 1 saturated carbocycles. The number of quaternary nitrogens is 1. The largest absolute Gasteiger partial charge is 0.550 e. The third-order valence-electron chi connectivity index (χ3n) is 3.12. The van der Waals surface area contributed by atoms with E-state index in [1.54, 1.807) is 0 Å². The smallest absolute Gasteiger partial charge is 0.0774 e. The number of aliphatic carboxylic acids is 1. The number of carboxylic acids is 1. The zero-order chi connectivity index (χ0) is 9.68. The first-order valence-electron chi connectivity index (χ1n) is 5.23. The maximum Gasteiger partial charge on any atom is 0.0774 e. The molecule has 0 radical (unpaired) electrons. The molecule has 13 heavy (non-hydrogen) atoms. The summed E-state index contributed by atoms with van der Waals surface area (Å²) in [5.41, 5.74) is 3.82. The Bertz CT molecular complexity index is 164. The van der Waals surface area contributed by atoms with Gasteiger partial charge in [-0.2, -0.15) is 0 Å². The van der Waals surface area contributed by atoms with Crippen LogP contribution in [0, 0.1) is 11.8 Å². The molecular formula is C10H19NO2. The van der Waals surface area contributed by atoms with Crippen LogP contribution in [0.5, 0.6) is 0 Å². The van der Waals surface area contributed by atoms with E-state index in [0.29, 0.717) is 5.92 Å². The third kappa shape index (κ3) is 3.35. The van der Waals surface area contributed by atoms with Crippen molar-refractivity contribution in [3.8, 4) is 0 Å². The van der Waals surface area contributed by atoms with E-state index in [0.717, 1.165) is 6.54 Å². The van der Waals surface area contributed by atoms with Gasteiger partial charge < -0.3 is 15.6 Å². The molecule has 1 aliphatic carbocycles. The van der Waals surface area contributed by atoms with Crippen molar-refractivity contribution in [2.45, 2.75) is 38.5 Å². The van der Waals surface area contributed by atoms with E-state index >= 15 is 0 Å². The monoisotopic (exact) mass is 185 g/mol. The second-order valence-corrected chi connectivity index (χ2v) is 4.02. The van der Waals surface area contributed by atoms with Gasteiger partial charge in [-0.1, -0.05) is 19.3 Å². The van der Waals surface area contributed by atoms with Crippen molar-refractivity contribution in [3.63, 3.8) is 0 Å². The molecule has 0 aromatic carbocycles. The van der Waals surface area contributed by atoms with Gasteiger partial charge in [0, 0.05) is 11.9 Å². The maximum absolute atomic E-state index is 10.5. The number of carbonyl (C=O) groups excluding carboxylic acids is 1. The fourth-order valence-corrected chi connectivity index (χ4v) is 2.32. The van der Waals surface area contributed by atoms with E-state index in [9.17, 15) is 9.90 Å². The summed E-state index contributed by atoms with van der Waals surface area (Å²) < 4.78 is 0. The van der Waals surface area contributed by atoms with Crippen LogP contribution in [0.25, 0.3) is 0 Å². The van der Waals surface area contributed by atoms with E-state index in [-0.39, 0.29) is 12.3 Å². The first kappa shape index (κ1) is 10.5. The van der Waals surface area contributed by atoms with Crippen LogP contribution in [0.4, 0.5) is 0 Å². The van der Waals surface area contributed by atoms with Crippen molar-refractivity contribution >= 4 is 5.97 Å². The molecule has 1 aliphatic rings. The van der Waals surface area contributed by atoms with Gasteiger partial charge in [-0.25, -0.2) is 0 Å². The Morgan fingerprint density at radius 3 is 2.46 bits per heavy atom. The van der Waals surface area contributed by atoms with Crippen LogP contribution in [0.3, 0.4) is 0 Å². The summed E-state index contributed by atoms with van der Waals surface area (Å²) in [5.74, 6) is -0.0753. The molecule has 3 nitrogen and oxygen atoms in total. The summed E-state index contributed by atoms with van der Waals surface area (Å²) in [7, 11) is 0. The van der Waals surface area contributed by atoms with Gasteiger partial charge in [-0.3, -0.25) is 0 Å². The summed E-state index contributed by atoms with van der Waals surface area (Å²) in [6.07, 6.45) is 6.41. The number of carbonyl (C=O) groups is 1. The summed E-state index contributed by atoms with van der Waals surface area (Å²) >= 11 is 0. The van der Waals surface area contributed by atoms with Crippen molar-refractivity contribution in [2.75, 3.05) is 6.54 Å². The summed E-state index contributed by atoms with van der Waals surface area (Å²) in [5, 5.41) is 10.5. The second-order valence-electron chi connectivity index (χ2n) is 4.02. The van der Waals surface area contributed by atoms with Crippen LogP contribution in [0.2, 0.25) is 0 Å². The number of hydrogen-bond donors (Lipinski definition) is 1. The minimum atomic E-state index is -0.917. The molecule has 3 heteroatoms. The van der Waals surface area contributed by atoms with Crippen molar-refractivity contribution < 1.29 is 15.6 Å². The van der Waals surface area contributed by atoms with E-state index in [1.807, 2.05) is 0 Å². The zero-order valence-electron chi connectivity index (χ0n) is 8.13. The molecule has 0 aromatic rings. The van der Waals surface area contributed by atoms with Gasteiger partial charge in [-0.05, 0) is 25.2 Å². The molecule has 0 aromatic heterocycles. The van der Waals surface area contributed by atoms with Crippen molar-refractivity contribution in [3.05, 3.63) is 0 Å². The van der Waals surface area contributed by atoms with Gasteiger partial charge in [0.25, 0.3) is 0 Å². The number of carboxylic acid groups (broad SMARTS) is 1. The highest BCUT2D eigenvalue weighted by Gasteiger charge is 2.23. The van der Waals surface area contributed by atoms with Crippen molar-refractivity contribution in [1.82, 2.24) is 0 Å². The minimum Gasteiger partial charge on any atom is -0.550 e. The topological polar surface area (TPSA) is 67.8 Å². The fourth-order valence-electron chi connectivity index (χ4n) is 2.32. The lowest BCUT2D eigenvalue weighted by Crippen LogP contribution is -2.56. The van der Waals surface area contributed by atoms with Crippen LogP contribution in [-0.2, 0) is 4.79 Å². The Morgan fingerprint density at radius 1 is 1.38 bits per heavy atom. The molecule has 1 fully saturated rings. The molecule has 1 atom stereocenters. The summed E-state index contributed by atoms with van der Waals surface area (Å²) in [6, 6.07) is 0. The maximum atomic E-state index is 10.5. The Kier molecular flexibility index (Phi) is 4.22. The van der Waals surface area contributed by atoms with Crippen LogP contribution < -0.4 is 10.8 Å². The Morgan fingerprint density at radius 2 is 2.00 bits per heavy atom. The van der Waals surface area contributed by atoms with Gasteiger partial charge in [-0.15, -0.1) is 0 Å². The van der Waals surface area contributed by atoms with Crippen molar-refractivity contribution in [2.24, 2.45) is 11.8 Å². The molecule has 76 valence electrons. The lowest BCUT2D eigenvalue weighted by atomic mass is 9.78. The van der Waals surface area contributed by atoms with Gasteiger partial charge in [0.2, 0.25) is 0 Å². The highest BCUT2D eigenvalue weighted by molar-refractivity contribution is 5.64. The van der Waals surface area contributed by atoms with Crippen LogP contribution >= 0.6 is 0 Å². The Hall–Kier alpha value is -0.570. The lowest BCUT2D eigenvalue weighted by Gasteiger charge is -2.28. The van der Waals surface area contributed by atoms with E-state index in [2.05, 4.69) is 5.73 Å². The summed E-state index contributed by atoms with van der Waals surface area (Å²) in [6.45, 7) is 0.735. The van der Waals surface area contributed by atoms with Gasteiger partial charge in [0.15, 0.2) is 0 Å². The van der Waals surface area contributed by atoms with E-state index < -0.39 is 5.97 Å². The third-order valence-corrected chi connectivity index (χ3v) is 3.12. The molecule has 3 N–H and O–H groups in total. The number of rotatable bonds is 4. The second kappa shape index (κ2) is 5.22. The molecule has 0 aliphatic heterocycles. The summed E-state index contributed by atoms with van der Waals surface area (Å²) in [4.78, 5) is 10.5. The Balaban J connectivity index is 2.39. The quantitative estimate of drug-likeness (QED) is 0.645. The predicted octanol–water partition coefficient (Wildman–Crippen LogP) is -0.435. The zero-order valence-corrected chi connectivity index (χ0v) is 8.13. The molecule has 0 spiro atoms. The van der Waals surface area contributed by atoms with Crippen LogP contribution in [0.1, 0.15) is 38.5 Å².